The summed E-state index contributed by atoms with van der Waals surface area (Å²) in [5, 5.41) is 2.84. The predicted octanol–water partition coefficient (Wildman–Crippen LogP) is 3.50. The Morgan fingerprint density at radius 1 is 1.38 bits per heavy atom. The van der Waals surface area contributed by atoms with Gasteiger partial charge in [0, 0.05) is 11.4 Å². The smallest absolute Gasteiger partial charge is 0.250 e. The summed E-state index contributed by atoms with van der Waals surface area (Å²) in [7, 11) is 0. The van der Waals surface area contributed by atoms with Crippen molar-refractivity contribution in [3.05, 3.63) is 23.8 Å². The van der Waals surface area contributed by atoms with Crippen molar-refractivity contribution in [2.24, 2.45) is 5.92 Å². The molecule has 4 nitrogen and oxygen atoms in total. The first kappa shape index (κ1) is 15.8. The van der Waals surface area contributed by atoms with E-state index in [1.165, 1.54) is 19.3 Å². The van der Waals surface area contributed by atoms with Crippen LogP contribution in [0.2, 0.25) is 0 Å². The number of hydrogen-bond acceptors (Lipinski definition) is 3. The van der Waals surface area contributed by atoms with E-state index in [1.807, 2.05) is 19.1 Å². The summed E-state index contributed by atoms with van der Waals surface area (Å²) in [6.45, 7) is 4.26. The van der Waals surface area contributed by atoms with E-state index in [9.17, 15) is 4.79 Å². The number of anilines is 2. The predicted molar refractivity (Wildman–Crippen MR) is 86.2 cm³/mol. The number of nitrogen functional groups attached to an aromatic ring is 1. The molecule has 3 N–H and O–H groups in total. The number of carbonyl (C=O) groups excluding carboxylic acids is 1. The number of benzene rings is 1. The lowest BCUT2D eigenvalue weighted by atomic mass is 9.85. The van der Waals surface area contributed by atoms with E-state index in [1.54, 1.807) is 6.07 Å². The van der Waals surface area contributed by atoms with E-state index in [4.69, 9.17) is 10.5 Å². The minimum atomic E-state index is -0.112. The van der Waals surface area contributed by atoms with E-state index in [0.717, 1.165) is 24.1 Å². The van der Waals surface area contributed by atoms with Gasteiger partial charge in [0.15, 0.2) is 0 Å². The lowest BCUT2D eigenvalue weighted by Crippen LogP contribution is -2.31. The van der Waals surface area contributed by atoms with Crippen LogP contribution in [0.4, 0.5) is 11.4 Å². The summed E-state index contributed by atoms with van der Waals surface area (Å²) >= 11 is 0. The molecular formula is C17H26N2O2. The van der Waals surface area contributed by atoms with Gasteiger partial charge in [-0.1, -0.05) is 32.3 Å². The second-order valence-corrected chi connectivity index (χ2v) is 5.92. The van der Waals surface area contributed by atoms with Crippen LogP contribution in [-0.4, -0.2) is 18.6 Å². The van der Waals surface area contributed by atoms with Gasteiger partial charge in [0.05, 0.1) is 6.10 Å². The molecule has 1 saturated carbocycles. The molecule has 0 heterocycles. The molecule has 1 fully saturated rings. The zero-order valence-corrected chi connectivity index (χ0v) is 13.0. The van der Waals surface area contributed by atoms with Gasteiger partial charge >= 0.3 is 0 Å². The van der Waals surface area contributed by atoms with Crippen LogP contribution in [-0.2, 0) is 9.53 Å². The molecule has 21 heavy (non-hydrogen) atoms. The fourth-order valence-electron chi connectivity index (χ4n) is 2.96. The first-order valence-corrected chi connectivity index (χ1v) is 7.87. The van der Waals surface area contributed by atoms with Crippen LogP contribution in [0, 0.1) is 12.8 Å². The monoisotopic (exact) mass is 290 g/mol. The third-order valence-electron chi connectivity index (χ3n) is 4.36. The third-order valence-corrected chi connectivity index (χ3v) is 4.36. The Hall–Kier alpha value is -1.55. The Bertz CT molecular complexity index is 488. The lowest BCUT2D eigenvalue weighted by molar-refractivity contribution is -0.124. The second kappa shape index (κ2) is 7.46. The molecule has 2 atom stereocenters. The largest absolute Gasteiger partial charge is 0.398 e. The first-order valence-electron chi connectivity index (χ1n) is 7.87. The number of amides is 1. The van der Waals surface area contributed by atoms with Crippen molar-refractivity contribution in [1.29, 1.82) is 0 Å². The molecule has 0 aliphatic heterocycles. The summed E-state index contributed by atoms with van der Waals surface area (Å²) in [5.41, 5.74) is 8.26. The molecule has 1 aliphatic rings. The van der Waals surface area contributed by atoms with Crippen molar-refractivity contribution < 1.29 is 9.53 Å². The number of hydrogen-bond donors (Lipinski definition) is 2. The molecule has 0 spiro atoms. The molecule has 1 aliphatic carbocycles. The van der Waals surface area contributed by atoms with Crippen molar-refractivity contribution in [1.82, 2.24) is 0 Å². The number of ether oxygens (including phenoxy) is 1. The maximum atomic E-state index is 12.0. The zero-order chi connectivity index (χ0) is 15.2. The topological polar surface area (TPSA) is 64.3 Å². The summed E-state index contributed by atoms with van der Waals surface area (Å²) in [6.07, 6.45) is 6.14. The summed E-state index contributed by atoms with van der Waals surface area (Å²) in [6, 6.07) is 5.54. The van der Waals surface area contributed by atoms with Crippen LogP contribution in [0.15, 0.2) is 18.2 Å². The lowest BCUT2D eigenvalue weighted by Gasteiger charge is -2.30. The summed E-state index contributed by atoms with van der Waals surface area (Å²) in [4.78, 5) is 12.0. The van der Waals surface area contributed by atoms with E-state index in [2.05, 4.69) is 12.2 Å². The molecule has 1 aromatic rings. The van der Waals surface area contributed by atoms with Gasteiger partial charge in [0.25, 0.3) is 0 Å². The van der Waals surface area contributed by atoms with Crippen LogP contribution in [0.5, 0.6) is 0 Å². The SMILES string of the molecule is CCC1CCCCC1OCC(=O)Nc1ccc(C)c(N)c1. The molecule has 0 bridgehead atoms. The van der Waals surface area contributed by atoms with Gasteiger partial charge in [-0.3, -0.25) is 4.79 Å². The van der Waals surface area contributed by atoms with Crippen molar-refractivity contribution >= 4 is 17.3 Å². The molecule has 2 unspecified atom stereocenters. The van der Waals surface area contributed by atoms with Crippen LogP contribution in [0.25, 0.3) is 0 Å². The quantitative estimate of drug-likeness (QED) is 0.816. The third kappa shape index (κ3) is 4.46. The van der Waals surface area contributed by atoms with Gasteiger partial charge in [0.1, 0.15) is 6.61 Å². The average molecular weight is 290 g/mol. The number of carbonyl (C=O) groups is 1. The second-order valence-electron chi connectivity index (χ2n) is 5.92. The normalized spacial score (nSPS) is 22.0. The van der Waals surface area contributed by atoms with E-state index >= 15 is 0 Å². The Morgan fingerprint density at radius 3 is 2.86 bits per heavy atom. The fraction of sp³-hybridized carbons (Fsp3) is 0.588. The minimum Gasteiger partial charge on any atom is -0.398 e. The van der Waals surface area contributed by atoms with Gasteiger partial charge in [-0.05, 0) is 43.4 Å². The highest BCUT2D eigenvalue weighted by molar-refractivity contribution is 5.92. The van der Waals surface area contributed by atoms with E-state index in [0.29, 0.717) is 11.6 Å². The number of nitrogens with two attached hydrogens (primary N) is 1. The Morgan fingerprint density at radius 2 is 2.14 bits per heavy atom. The van der Waals surface area contributed by atoms with Crippen molar-refractivity contribution in [3.8, 4) is 0 Å². The molecule has 116 valence electrons. The highest BCUT2D eigenvalue weighted by atomic mass is 16.5. The summed E-state index contributed by atoms with van der Waals surface area (Å²) in [5.74, 6) is 0.486. The number of nitrogens with one attached hydrogen (secondary N) is 1. The van der Waals surface area contributed by atoms with Crippen molar-refractivity contribution in [2.45, 2.75) is 52.1 Å². The van der Waals surface area contributed by atoms with Crippen molar-refractivity contribution in [3.63, 3.8) is 0 Å². The maximum absolute atomic E-state index is 12.0. The Balaban J connectivity index is 1.82. The van der Waals surface area contributed by atoms with E-state index in [-0.39, 0.29) is 18.6 Å². The molecule has 1 aromatic carbocycles. The molecule has 0 aromatic heterocycles. The Labute approximate surface area is 127 Å². The summed E-state index contributed by atoms with van der Waals surface area (Å²) < 4.78 is 5.83. The highest BCUT2D eigenvalue weighted by Gasteiger charge is 2.24. The average Bonchev–Trinajstić information content (AvgIpc) is 2.49. The van der Waals surface area contributed by atoms with Crippen LogP contribution < -0.4 is 11.1 Å². The molecule has 0 saturated heterocycles. The van der Waals surface area contributed by atoms with Gasteiger partial charge in [-0.15, -0.1) is 0 Å². The molecule has 2 rings (SSSR count). The standard InChI is InChI=1S/C17H26N2O2/c1-3-13-6-4-5-7-16(13)21-11-17(20)19-14-9-8-12(2)15(18)10-14/h8-10,13,16H,3-7,11,18H2,1-2H3,(H,19,20). The fourth-order valence-corrected chi connectivity index (χ4v) is 2.96. The first-order chi connectivity index (χ1) is 10.1. The molecular weight excluding hydrogens is 264 g/mol. The molecule has 4 heteroatoms. The highest BCUT2D eigenvalue weighted by Crippen LogP contribution is 2.29. The van der Waals surface area contributed by atoms with Gasteiger partial charge in [0.2, 0.25) is 5.91 Å². The van der Waals surface area contributed by atoms with Gasteiger partial charge < -0.3 is 15.8 Å². The van der Waals surface area contributed by atoms with Gasteiger partial charge in [-0.2, -0.15) is 0 Å². The molecule has 1 amide bonds. The van der Waals surface area contributed by atoms with E-state index < -0.39 is 0 Å². The minimum absolute atomic E-state index is 0.112. The van der Waals surface area contributed by atoms with Gasteiger partial charge in [-0.25, -0.2) is 0 Å². The molecule has 0 radical (unpaired) electrons. The van der Waals surface area contributed by atoms with Crippen LogP contribution in [0.3, 0.4) is 0 Å². The number of aryl methyl sites for hydroxylation is 1. The Kier molecular flexibility index (Phi) is 5.62. The van der Waals surface area contributed by atoms with Crippen LogP contribution >= 0.6 is 0 Å². The number of rotatable bonds is 5. The maximum Gasteiger partial charge on any atom is 0.250 e. The van der Waals surface area contributed by atoms with Crippen LogP contribution in [0.1, 0.15) is 44.6 Å². The zero-order valence-electron chi connectivity index (χ0n) is 13.0. The van der Waals surface area contributed by atoms with Crippen molar-refractivity contribution in [2.75, 3.05) is 17.7 Å².